The second-order valence-electron chi connectivity index (χ2n) is 5.23. The number of aromatic nitrogens is 1. The quantitative estimate of drug-likeness (QED) is 0.839. The number of hydrogen-bond acceptors (Lipinski definition) is 6. The van der Waals surface area contributed by atoms with Crippen LogP contribution in [0.25, 0.3) is 0 Å². The van der Waals surface area contributed by atoms with Crippen molar-refractivity contribution in [1.82, 2.24) is 10.3 Å². The van der Waals surface area contributed by atoms with Gasteiger partial charge in [0.1, 0.15) is 0 Å². The molecule has 1 aromatic carbocycles. The number of rotatable bonds is 5. The van der Waals surface area contributed by atoms with E-state index in [1.807, 2.05) is 13.0 Å². The first-order chi connectivity index (χ1) is 11.6. The van der Waals surface area contributed by atoms with Crippen molar-refractivity contribution in [1.29, 1.82) is 0 Å². The Kier molecular flexibility index (Phi) is 4.60. The van der Waals surface area contributed by atoms with Crippen LogP contribution in [0.1, 0.15) is 21.6 Å². The lowest BCUT2D eigenvalue weighted by Gasteiger charge is -2.07. The topological polar surface area (TPSA) is 86.8 Å². The summed E-state index contributed by atoms with van der Waals surface area (Å²) in [4.78, 5) is 27.6. The van der Waals surface area contributed by atoms with E-state index in [1.54, 1.807) is 24.3 Å². The van der Waals surface area contributed by atoms with E-state index in [2.05, 4.69) is 10.3 Å². The lowest BCUT2D eigenvalue weighted by atomic mass is 10.2. The second kappa shape index (κ2) is 6.99. The van der Waals surface area contributed by atoms with Crippen LogP contribution in [0.4, 0.5) is 0 Å². The summed E-state index contributed by atoms with van der Waals surface area (Å²) in [6, 6.07) is 8.73. The number of esters is 1. The molecule has 1 aromatic heterocycles. The molecule has 0 saturated carbocycles. The second-order valence-corrected chi connectivity index (χ2v) is 5.23. The van der Waals surface area contributed by atoms with Gasteiger partial charge in [-0.3, -0.25) is 9.78 Å². The summed E-state index contributed by atoms with van der Waals surface area (Å²) in [6.07, 6.45) is 1.42. The molecule has 0 unspecified atom stereocenters. The van der Waals surface area contributed by atoms with Crippen molar-refractivity contribution in [3.63, 3.8) is 0 Å². The Labute approximate surface area is 138 Å². The summed E-state index contributed by atoms with van der Waals surface area (Å²) < 4.78 is 15.4. The van der Waals surface area contributed by atoms with Crippen molar-refractivity contribution in [2.24, 2.45) is 0 Å². The van der Waals surface area contributed by atoms with Crippen LogP contribution < -0.4 is 14.8 Å². The van der Waals surface area contributed by atoms with Crippen LogP contribution in [0.5, 0.6) is 11.5 Å². The Morgan fingerprint density at radius 1 is 1.21 bits per heavy atom. The van der Waals surface area contributed by atoms with Crippen LogP contribution in [0.3, 0.4) is 0 Å². The average Bonchev–Trinajstić information content (AvgIpc) is 3.06. The van der Waals surface area contributed by atoms with Gasteiger partial charge in [0.15, 0.2) is 18.1 Å². The van der Waals surface area contributed by atoms with Gasteiger partial charge in [0.25, 0.3) is 5.91 Å². The summed E-state index contributed by atoms with van der Waals surface area (Å²) in [7, 11) is 0. The highest BCUT2D eigenvalue weighted by Gasteiger charge is 2.14. The van der Waals surface area contributed by atoms with E-state index in [4.69, 9.17) is 14.2 Å². The average molecular weight is 328 g/mol. The summed E-state index contributed by atoms with van der Waals surface area (Å²) in [5.74, 6) is 0.368. The molecule has 0 spiro atoms. The van der Waals surface area contributed by atoms with Gasteiger partial charge in [0, 0.05) is 18.4 Å². The van der Waals surface area contributed by atoms with Gasteiger partial charge >= 0.3 is 5.97 Å². The molecular formula is C17H16N2O5. The van der Waals surface area contributed by atoms with E-state index >= 15 is 0 Å². The smallest absolute Gasteiger partial charge is 0.340 e. The molecular weight excluding hydrogens is 312 g/mol. The Balaban J connectivity index is 1.46. The van der Waals surface area contributed by atoms with Gasteiger partial charge in [0.2, 0.25) is 6.79 Å². The van der Waals surface area contributed by atoms with E-state index in [0.29, 0.717) is 23.6 Å². The van der Waals surface area contributed by atoms with Gasteiger partial charge in [-0.25, -0.2) is 4.79 Å². The Bertz CT molecular complexity index is 758. The van der Waals surface area contributed by atoms with Gasteiger partial charge in [-0.05, 0) is 36.8 Å². The number of fused-ring (bicyclic) bond motifs is 1. The fraction of sp³-hybridized carbons (Fsp3) is 0.235. The van der Waals surface area contributed by atoms with Gasteiger partial charge in [0.05, 0.1) is 5.56 Å². The zero-order valence-electron chi connectivity index (χ0n) is 13.1. The molecule has 0 radical (unpaired) electrons. The van der Waals surface area contributed by atoms with E-state index in [1.165, 1.54) is 6.20 Å². The van der Waals surface area contributed by atoms with E-state index in [9.17, 15) is 9.59 Å². The van der Waals surface area contributed by atoms with Crippen LogP contribution >= 0.6 is 0 Å². The van der Waals surface area contributed by atoms with E-state index in [-0.39, 0.29) is 19.3 Å². The number of carbonyl (C=O) groups excluding carboxylic acids is 2. The molecule has 0 bridgehead atoms. The lowest BCUT2D eigenvalue weighted by molar-refractivity contribution is -0.124. The Hall–Kier alpha value is -3.09. The molecule has 1 aliphatic heterocycles. The molecule has 2 aromatic rings. The summed E-state index contributed by atoms with van der Waals surface area (Å²) in [5, 5.41) is 2.68. The van der Waals surface area contributed by atoms with Crippen LogP contribution in [-0.4, -0.2) is 30.3 Å². The van der Waals surface area contributed by atoms with Crippen LogP contribution in [0.2, 0.25) is 0 Å². The minimum Gasteiger partial charge on any atom is -0.454 e. The van der Waals surface area contributed by atoms with Crippen molar-refractivity contribution < 1.29 is 23.8 Å². The zero-order valence-corrected chi connectivity index (χ0v) is 13.1. The molecule has 1 amide bonds. The highest BCUT2D eigenvalue weighted by molar-refractivity contribution is 5.91. The van der Waals surface area contributed by atoms with Crippen molar-refractivity contribution in [3.8, 4) is 11.5 Å². The predicted molar refractivity (Wildman–Crippen MR) is 83.7 cm³/mol. The minimum atomic E-state index is -0.583. The number of nitrogens with one attached hydrogen (secondary N) is 1. The standard InChI is InChI=1S/C17H16N2O5/c1-11-2-4-13(8-18-11)17(21)22-9-16(20)19-7-12-3-5-14-15(6-12)24-10-23-14/h2-6,8H,7,9-10H2,1H3,(H,19,20). The number of amides is 1. The van der Waals surface area contributed by atoms with Crippen LogP contribution in [0, 0.1) is 6.92 Å². The maximum Gasteiger partial charge on any atom is 0.340 e. The molecule has 3 rings (SSSR count). The molecule has 0 aliphatic carbocycles. The molecule has 1 N–H and O–H groups in total. The molecule has 124 valence electrons. The van der Waals surface area contributed by atoms with Crippen LogP contribution in [-0.2, 0) is 16.1 Å². The summed E-state index contributed by atoms with van der Waals surface area (Å²) in [6.45, 7) is 1.98. The van der Waals surface area contributed by atoms with Crippen molar-refractivity contribution in [2.75, 3.05) is 13.4 Å². The highest BCUT2D eigenvalue weighted by atomic mass is 16.7. The number of aryl methyl sites for hydroxylation is 1. The maximum atomic E-state index is 11.8. The van der Waals surface area contributed by atoms with Gasteiger partial charge < -0.3 is 19.5 Å². The number of ether oxygens (including phenoxy) is 3. The van der Waals surface area contributed by atoms with Crippen molar-refractivity contribution >= 4 is 11.9 Å². The SMILES string of the molecule is Cc1ccc(C(=O)OCC(=O)NCc2ccc3c(c2)OCO3)cn1. The molecule has 7 heteroatoms. The van der Waals surface area contributed by atoms with Gasteiger partial charge in [-0.2, -0.15) is 0 Å². The minimum absolute atomic E-state index is 0.203. The molecule has 0 saturated heterocycles. The maximum absolute atomic E-state index is 11.8. The first-order valence-electron chi connectivity index (χ1n) is 7.37. The molecule has 1 aliphatic rings. The monoisotopic (exact) mass is 328 g/mol. The predicted octanol–water partition coefficient (Wildman–Crippen LogP) is 1.59. The molecule has 2 heterocycles. The molecule has 24 heavy (non-hydrogen) atoms. The lowest BCUT2D eigenvalue weighted by Crippen LogP contribution is -2.28. The third kappa shape index (κ3) is 3.81. The zero-order chi connectivity index (χ0) is 16.9. The first kappa shape index (κ1) is 15.8. The summed E-state index contributed by atoms with van der Waals surface area (Å²) >= 11 is 0. The third-order valence-electron chi connectivity index (χ3n) is 3.41. The van der Waals surface area contributed by atoms with Crippen LogP contribution in [0.15, 0.2) is 36.5 Å². The number of pyridine rings is 1. The van der Waals surface area contributed by atoms with Crippen molar-refractivity contribution in [2.45, 2.75) is 13.5 Å². The Morgan fingerprint density at radius 2 is 2.04 bits per heavy atom. The molecule has 0 fully saturated rings. The fourth-order valence-electron chi connectivity index (χ4n) is 2.11. The van der Waals surface area contributed by atoms with E-state index in [0.717, 1.165) is 11.3 Å². The molecule has 0 atom stereocenters. The number of nitrogens with zero attached hydrogens (tertiary/aromatic N) is 1. The normalized spacial score (nSPS) is 11.9. The Morgan fingerprint density at radius 3 is 2.83 bits per heavy atom. The van der Waals surface area contributed by atoms with E-state index < -0.39 is 5.97 Å². The number of hydrogen-bond donors (Lipinski definition) is 1. The summed E-state index contributed by atoms with van der Waals surface area (Å²) in [5.41, 5.74) is 1.97. The van der Waals surface area contributed by atoms with Gasteiger partial charge in [-0.1, -0.05) is 6.07 Å². The highest BCUT2D eigenvalue weighted by Crippen LogP contribution is 2.32. The molecule has 7 nitrogen and oxygen atoms in total. The fourth-order valence-corrected chi connectivity index (χ4v) is 2.11. The van der Waals surface area contributed by atoms with Gasteiger partial charge in [-0.15, -0.1) is 0 Å². The third-order valence-corrected chi connectivity index (χ3v) is 3.41. The largest absolute Gasteiger partial charge is 0.454 e. The number of carbonyl (C=O) groups is 2. The first-order valence-corrected chi connectivity index (χ1v) is 7.37. The van der Waals surface area contributed by atoms with Crippen molar-refractivity contribution in [3.05, 3.63) is 53.3 Å². The number of benzene rings is 1.